The molecule has 0 aromatic heterocycles. The minimum atomic E-state index is -4.72. The zero-order valence-electron chi connectivity index (χ0n) is 18.7. The van der Waals surface area contributed by atoms with Crippen LogP contribution in [-0.2, 0) is 26.1 Å². The van der Waals surface area contributed by atoms with E-state index in [9.17, 15) is 34.8 Å². The number of hydrogen-bond acceptors (Lipinski definition) is 3. The molecule has 0 aliphatic heterocycles. The Kier molecular flexibility index (Phi) is 7.15. The first-order chi connectivity index (χ1) is 17.3. The van der Waals surface area contributed by atoms with Crippen molar-refractivity contribution >= 4 is 20.4 Å². The summed E-state index contributed by atoms with van der Waals surface area (Å²) in [5, 5.41) is 0. The van der Waals surface area contributed by atoms with Crippen molar-refractivity contribution in [2.24, 2.45) is 0 Å². The van der Waals surface area contributed by atoms with Crippen molar-refractivity contribution in [2.45, 2.75) is 31.9 Å². The highest BCUT2D eigenvalue weighted by Gasteiger charge is 2.39. The van der Waals surface area contributed by atoms with E-state index >= 15 is 0 Å². The second kappa shape index (κ2) is 9.88. The molecule has 0 amide bonds. The van der Waals surface area contributed by atoms with E-state index in [0.29, 0.717) is 21.9 Å². The third-order valence-electron chi connectivity index (χ3n) is 5.33. The van der Waals surface area contributed by atoms with Gasteiger partial charge >= 0.3 is 22.5 Å². The highest BCUT2D eigenvalue weighted by atomic mass is 32.3. The molecule has 37 heavy (non-hydrogen) atoms. The van der Waals surface area contributed by atoms with Gasteiger partial charge < -0.3 is 0 Å². The monoisotopic (exact) mass is 556 g/mol. The van der Waals surface area contributed by atoms with Crippen molar-refractivity contribution in [3.05, 3.63) is 120 Å². The van der Waals surface area contributed by atoms with Crippen molar-refractivity contribution in [3.63, 3.8) is 0 Å². The molecule has 0 fully saturated rings. The predicted octanol–water partition coefficient (Wildman–Crippen LogP) is 8.33. The predicted molar refractivity (Wildman–Crippen MR) is 126 cm³/mol. The van der Waals surface area contributed by atoms with E-state index in [4.69, 9.17) is 3.63 Å². The third-order valence-corrected chi connectivity index (χ3v) is 10.5. The molecule has 0 radical (unpaired) electrons. The summed E-state index contributed by atoms with van der Waals surface area (Å²) in [7, 11) is -7.93. The van der Waals surface area contributed by atoms with Crippen LogP contribution in [0.25, 0.3) is 0 Å². The van der Waals surface area contributed by atoms with Gasteiger partial charge in [0.15, 0.2) is 0 Å². The average molecular weight is 557 g/mol. The molecule has 0 atom stereocenters. The van der Waals surface area contributed by atoms with E-state index in [0.717, 1.165) is 36.4 Å². The van der Waals surface area contributed by atoms with Crippen LogP contribution in [0.15, 0.2) is 129 Å². The Morgan fingerprint density at radius 3 is 1.14 bits per heavy atom. The Balaban J connectivity index is 1.94. The first kappa shape index (κ1) is 26.8. The second-order valence-corrected chi connectivity index (χ2v) is 12.2. The van der Waals surface area contributed by atoms with Gasteiger partial charge in [0.25, 0.3) is 0 Å². The molecule has 0 heterocycles. The SMILES string of the molecule is O=S(=O)(OS(c1ccccc1)(c1ccccc1)c1ccc(C(F)(F)F)cc1)c1ccc(C(F)(F)F)cc1. The topological polar surface area (TPSA) is 43.4 Å². The lowest BCUT2D eigenvalue weighted by molar-refractivity contribution is -0.138. The molecule has 4 aromatic rings. The fourth-order valence-corrected chi connectivity index (χ4v) is 8.79. The molecule has 0 aliphatic carbocycles. The number of alkyl halides is 6. The number of benzene rings is 4. The van der Waals surface area contributed by atoms with Gasteiger partial charge in [-0.3, -0.25) is 0 Å². The number of rotatable bonds is 6. The Labute approximate surface area is 211 Å². The van der Waals surface area contributed by atoms with Gasteiger partial charge in [-0.15, -0.1) is 0 Å². The van der Waals surface area contributed by atoms with Gasteiger partial charge in [-0.1, -0.05) is 36.4 Å². The highest BCUT2D eigenvalue weighted by Crippen LogP contribution is 2.70. The normalized spacial score (nSPS) is 13.4. The molecule has 11 heteroatoms. The van der Waals surface area contributed by atoms with Crippen molar-refractivity contribution in [3.8, 4) is 0 Å². The van der Waals surface area contributed by atoms with Gasteiger partial charge in [-0.05, 0) is 83.1 Å². The fourth-order valence-electron chi connectivity index (χ4n) is 3.57. The minimum Gasteiger partial charge on any atom is -0.203 e. The molecule has 0 N–H and O–H groups in total. The van der Waals surface area contributed by atoms with Gasteiger partial charge in [0.05, 0.1) is 16.0 Å². The molecule has 0 unspecified atom stereocenters. The first-order valence-electron chi connectivity index (χ1n) is 10.6. The molecule has 0 saturated heterocycles. The lowest BCUT2D eigenvalue weighted by Gasteiger charge is -2.39. The smallest absolute Gasteiger partial charge is 0.203 e. The van der Waals surface area contributed by atoms with Crippen LogP contribution in [0.1, 0.15) is 11.1 Å². The molecule has 0 bridgehead atoms. The molecule has 194 valence electrons. The van der Waals surface area contributed by atoms with Crippen LogP contribution >= 0.6 is 10.3 Å². The minimum absolute atomic E-state index is 0.147. The summed E-state index contributed by atoms with van der Waals surface area (Å²) in [5.41, 5.74) is -1.98. The van der Waals surface area contributed by atoms with Crippen molar-refractivity contribution in [2.75, 3.05) is 0 Å². The van der Waals surface area contributed by atoms with Gasteiger partial charge in [-0.25, -0.2) is 3.63 Å². The van der Waals surface area contributed by atoms with Gasteiger partial charge in [-0.2, -0.15) is 34.8 Å². The molecule has 0 spiro atoms. The molecule has 3 nitrogen and oxygen atoms in total. The Hall–Kier alpha value is -3.28. The van der Waals surface area contributed by atoms with Crippen LogP contribution in [0.3, 0.4) is 0 Å². The van der Waals surface area contributed by atoms with Crippen molar-refractivity contribution < 1.29 is 38.4 Å². The lowest BCUT2D eigenvalue weighted by Crippen LogP contribution is -2.15. The van der Waals surface area contributed by atoms with E-state index in [1.165, 1.54) is 0 Å². The van der Waals surface area contributed by atoms with Gasteiger partial charge in [0, 0.05) is 14.7 Å². The molecular weight excluding hydrogens is 538 g/mol. The van der Waals surface area contributed by atoms with Crippen LogP contribution in [-0.4, -0.2) is 8.42 Å². The summed E-state index contributed by atoms with van der Waals surface area (Å²) in [6, 6.07) is 23.0. The maximum atomic E-state index is 13.5. The summed E-state index contributed by atoms with van der Waals surface area (Å²) in [6.07, 6.45) is -9.30. The maximum Gasteiger partial charge on any atom is 0.416 e. The zero-order chi connectivity index (χ0) is 26.9. The van der Waals surface area contributed by atoms with E-state index in [2.05, 4.69) is 0 Å². The van der Waals surface area contributed by atoms with Crippen LogP contribution < -0.4 is 0 Å². The lowest BCUT2D eigenvalue weighted by atomic mass is 10.2. The van der Waals surface area contributed by atoms with Crippen molar-refractivity contribution in [1.29, 1.82) is 0 Å². The summed E-state index contributed by atoms with van der Waals surface area (Å²) < 4.78 is 112. The van der Waals surface area contributed by atoms with Crippen LogP contribution in [0.5, 0.6) is 0 Å². The van der Waals surface area contributed by atoms with Crippen molar-refractivity contribution in [1.82, 2.24) is 0 Å². The van der Waals surface area contributed by atoms with Crippen LogP contribution in [0.4, 0.5) is 26.3 Å². The average Bonchev–Trinajstić information content (AvgIpc) is 2.87. The molecule has 4 aromatic carbocycles. The fraction of sp³-hybridized carbons (Fsp3) is 0.0769. The van der Waals surface area contributed by atoms with E-state index in [1.54, 1.807) is 60.7 Å². The molecule has 0 aliphatic rings. The van der Waals surface area contributed by atoms with Crippen LogP contribution in [0.2, 0.25) is 0 Å². The second-order valence-electron chi connectivity index (χ2n) is 7.75. The molecule has 4 rings (SSSR count). The molecule has 0 saturated carbocycles. The standard InChI is InChI=1S/C26H18F6O3S2/c27-25(28,29)19-11-15-23(16-12-19)36(21-7-3-1-4-8-21,22-9-5-2-6-10-22)35-37(33,34)24-17-13-20(14-18-24)26(30,31)32/h1-18H. The van der Waals surface area contributed by atoms with Crippen LogP contribution in [0, 0.1) is 0 Å². The highest BCUT2D eigenvalue weighted by molar-refractivity contribution is 8.33. The zero-order valence-corrected chi connectivity index (χ0v) is 20.3. The maximum absolute atomic E-state index is 13.5. The van der Waals surface area contributed by atoms with Gasteiger partial charge in [0.1, 0.15) is 0 Å². The Morgan fingerprint density at radius 1 is 0.459 bits per heavy atom. The largest absolute Gasteiger partial charge is 0.416 e. The number of halogens is 6. The number of hydrogen-bond donors (Lipinski definition) is 0. The van der Waals surface area contributed by atoms with E-state index < -0.39 is 48.8 Å². The summed E-state index contributed by atoms with van der Waals surface area (Å²) in [4.78, 5) is 0.331. The Morgan fingerprint density at radius 2 is 0.784 bits per heavy atom. The quantitative estimate of drug-likeness (QED) is 0.224. The third kappa shape index (κ3) is 5.53. The summed E-state index contributed by atoms with van der Waals surface area (Å²) in [5.74, 6) is 0. The molecular formula is C26H18F6O3S2. The van der Waals surface area contributed by atoms with Gasteiger partial charge in [0.2, 0.25) is 0 Å². The summed E-state index contributed by atoms with van der Waals surface area (Å²) in [6.45, 7) is 0. The van der Waals surface area contributed by atoms with E-state index in [1.807, 2.05) is 0 Å². The summed E-state index contributed by atoms with van der Waals surface area (Å²) >= 11 is 0. The van der Waals surface area contributed by atoms with E-state index in [-0.39, 0.29) is 4.90 Å². The first-order valence-corrected chi connectivity index (χ1v) is 13.5. The Bertz CT molecular complexity index is 1410.